The molecular formula is C7H15O3P. The first kappa shape index (κ1) is 10.7. The van der Waals surface area contributed by atoms with Gasteiger partial charge in [0.25, 0.3) is 0 Å². The molecule has 3 nitrogen and oxygen atoms in total. The molecule has 11 heavy (non-hydrogen) atoms. The van der Waals surface area contributed by atoms with Gasteiger partial charge in [-0.05, 0) is 13.3 Å². The minimum absolute atomic E-state index is 0.249. The Kier molecular flexibility index (Phi) is 3.81. The summed E-state index contributed by atoms with van der Waals surface area (Å²) < 4.78 is 15.7. The van der Waals surface area contributed by atoms with Gasteiger partial charge in [0, 0.05) is 6.16 Å². The van der Waals surface area contributed by atoms with Crippen molar-refractivity contribution in [1.29, 1.82) is 0 Å². The largest absolute Gasteiger partial charge is 0.469 e. The van der Waals surface area contributed by atoms with Crippen LogP contribution in [0.5, 0.6) is 0 Å². The molecule has 0 heterocycles. The van der Waals surface area contributed by atoms with Crippen LogP contribution < -0.4 is 0 Å². The predicted molar refractivity (Wildman–Crippen MR) is 45.5 cm³/mol. The molecule has 0 aromatic rings. The van der Waals surface area contributed by atoms with Gasteiger partial charge in [0.15, 0.2) is 0 Å². The highest BCUT2D eigenvalue weighted by Crippen LogP contribution is 2.38. The molecule has 66 valence electrons. The second kappa shape index (κ2) is 3.91. The van der Waals surface area contributed by atoms with Crippen molar-refractivity contribution in [2.75, 3.05) is 26.6 Å². The number of hydrogen-bond acceptors (Lipinski definition) is 3. The third kappa shape index (κ3) is 5.02. The van der Waals surface area contributed by atoms with E-state index in [4.69, 9.17) is 0 Å². The number of hydrogen-bond donors (Lipinski definition) is 0. The van der Waals surface area contributed by atoms with Crippen molar-refractivity contribution in [2.45, 2.75) is 6.92 Å². The van der Waals surface area contributed by atoms with Gasteiger partial charge in [-0.15, -0.1) is 0 Å². The number of methoxy groups -OCH3 is 1. The monoisotopic (exact) mass is 178 g/mol. The molecule has 0 N–H and O–H groups in total. The van der Waals surface area contributed by atoms with E-state index in [0.29, 0.717) is 6.16 Å². The highest BCUT2D eigenvalue weighted by atomic mass is 31.2. The van der Waals surface area contributed by atoms with E-state index in [0.717, 1.165) is 0 Å². The van der Waals surface area contributed by atoms with Crippen LogP contribution in [0.1, 0.15) is 6.92 Å². The Labute approximate surface area is 67.5 Å². The van der Waals surface area contributed by atoms with E-state index in [2.05, 4.69) is 4.74 Å². The van der Waals surface area contributed by atoms with Gasteiger partial charge in [-0.25, -0.2) is 0 Å². The van der Waals surface area contributed by atoms with Crippen LogP contribution in [0, 0.1) is 5.92 Å². The lowest BCUT2D eigenvalue weighted by atomic mass is 10.2. The molecule has 0 spiro atoms. The summed E-state index contributed by atoms with van der Waals surface area (Å²) in [6, 6.07) is 0. The molecule has 0 rings (SSSR count). The smallest absolute Gasteiger partial charge is 0.308 e. The van der Waals surface area contributed by atoms with E-state index in [-0.39, 0.29) is 11.9 Å². The van der Waals surface area contributed by atoms with Gasteiger partial charge >= 0.3 is 5.97 Å². The molecule has 4 heteroatoms. The summed E-state index contributed by atoms with van der Waals surface area (Å²) in [5, 5.41) is 0. The molecule has 0 aromatic heterocycles. The number of carbonyl (C=O) groups is 1. The van der Waals surface area contributed by atoms with Crippen molar-refractivity contribution in [3.8, 4) is 0 Å². The molecule has 0 aliphatic rings. The summed E-state index contributed by atoms with van der Waals surface area (Å²) in [5.41, 5.74) is 0. The lowest BCUT2D eigenvalue weighted by Gasteiger charge is -2.11. The summed E-state index contributed by atoms with van der Waals surface area (Å²) >= 11 is 0. The zero-order valence-corrected chi connectivity index (χ0v) is 8.35. The fraction of sp³-hybridized carbons (Fsp3) is 0.857. The van der Waals surface area contributed by atoms with Crippen molar-refractivity contribution in [2.24, 2.45) is 5.92 Å². The average molecular weight is 178 g/mol. The third-order valence-electron chi connectivity index (χ3n) is 1.32. The number of esters is 1. The third-order valence-corrected chi connectivity index (χ3v) is 2.74. The molecule has 0 saturated carbocycles. The van der Waals surface area contributed by atoms with Gasteiger partial charge in [0.05, 0.1) is 20.2 Å². The van der Waals surface area contributed by atoms with E-state index in [1.807, 2.05) is 0 Å². The maximum Gasteiger partial charge on any atom is 0.308 e. The fourth-order valence-corrected chi connectivity index (χ4v) is 2.40. The Hall–Kier alpha value is -0.300. The Morgan fingerprint density at radius 2 is 2.00 bits per heavy atom. The summed E-state index contributed by atoms with van der Waals surface area (Å²) in [5.74, 6) is -0.533. The topological polar surface area (TPSA) is 43.4 Å². The van der Waals surface area contributed by atoms with Gasteiger partial charge in [0.2, 0.25) is 0 Å². The first-order chi connectivity index (χ1) is 4.87. The maximum atomic E-state index is 11.2. The molecule has 0 saturated heterocycles. The second-order valence-corrected chi connectivity index (χ2v) is 6.69. The molecular weight excluding hydrogens is 163 g/mol. The van der Waals surface area contributed by atoms with E-state index < -0.39 is 7.14 Å². The van der Waals surface area contributed by atoms with Crippen LogP contribution in [0.25, 0.3) is 0 Å². The minimum atomic E-state index is -2.09. The SMILES string of the molecule is COC(=O)C(C)CP(C)(C)=O. The van der Waals surface area contributed by atoms with Gasteiger partial charge in [-0.2, -0.15) is 0 Å². The highest BCUT2D eigenvalue weighted by Gasteiger charge is 2.19. The first-order valence-corrected chi connectivity index (χ1v) is 6.27. The van der Waals surface area contributed by atoms with Crippen LogP contribution in [-0.4, -0.2) is 32.6 Å². The quantitative estimate of drug-likeness (QED) is 0.485. The van der Waals surface area contributed by atoms with Crippen LogP contribution in [0.15, 0.2) is 0 Å². The number of carbonyl (C=O) groups excluding carboxylic acids is 1. The fourth-order valence-electron chi connectivity index (χ4n) is 0.935. The van der Waals surface area contributed by atoms with Crippen LogP contribution >= 0.6 is 7.14 Å². The molecule has 0 fully saturated rings. The minimum Gasteiger partial charge on any atom is -0.469 e. The van der Waals surface area contributed by atoms with Crippen molar-refractivity contribution in [3.63, 3.8) is 0 Å². The average Bonchev–Trinajstić information content (AvgIpc) is 1.82. The summed E-state index contributed by atoms with van der Waals surface area (Å²) in [6.07, 6.45) is 0.430. The highest BCUT2D eigenvalue weighted by molar-refractivity contribution is 7.62. The molecule has 1 atom stereocenters. The molecule has 0 amide bonds. The maximum absolute atomic E-state index is 11.2. The van der Waals surface area contributed by atoms with Gasteiger partial charge < -0.3 is 9.30 Å². The lowest BCUT2D eigenvalue weighted by molar-refractivity contribution is -0.144. The molecule has 0 aromatic carbocycles. The summed E-state index contributed by atoms with van der Waals surface area (Å²) in [6.45, 7) is 5.07. The standard InChI is InChI=1S/C7H15O3P/c1-6(7(8)10-2)5-11(3,4)9/h6H,5H2,1-4H3. The predicted octanol–water partition coefficient (Wildman–Crippen LogP) is 1.42. The van der Waals surface area contributed by atoms with Gasteiger partial charge in [-0.1, -0.05) is 6.92 Å². The Bertz CT molecular complexity index is 182. The number of ether oxygens (including phenoxy) is 1. The van der Waals surface area contributed by atoms with Crippen molar-refractivity contribution < 1.29 is 14.1 Å². The molecule has 1 unspecified atom stereocenters. The van der Waals surface area contributed by atoms with Gasteiger partial charge in [-0.3, -0.25) is 4.79 Å². The zero-order chi connectivity index (χ0) is 9.07. The van der Waals surface area contributed by atoms with E-state index in [1.165, 1.54) is 7.11 Å². The number of rotatable bonds is 3. The van der Waals surface area contributed by atoms with E-state index in [1.54, 1.807) is 20.3 Å². The van der Waals surface area contributed by atoms with Crippen LogP contribution in [-0.2, 0) is 14.1 Å². The normalized spacial score (nSPS) is 14.2. The molecule has 0 bridgehead atoms. The van der Waals surface area contributed by atoms with Gasteiger partial charge in [0.1, 0.15) is 0 Å². The molecule has 0 aliphatic carbocycles. The lowest BCUT2D eigenvalue weighted by Crippen LogP contribution is -2.16. The zero-order valence-electron chi connectivity index (χ0n) is 7.46. The van der Waals surface area contributed by atoms with Crippen molar-refractivity contribution in [3.05, 3.63) is 0 Å². The van der Waals surface area contributed by atoms with Crippen LogP contribution in [0.3, 0.4) is 0 Å². The summed E-state index contributed by atoms with van der Waals surface area (Å²) in [7, 11) is -0.747. The van der Waals surface area contributed by atoms with Crippen molar-refractivity contribution in [1.82, 2.24) is 0 Å². The Morgan fingerprint density at radius 1 is 1.55 bits per heavy atom. The van der Waals surface area contributed by atoms with Crippen LogP contribution in [0.2, 0.25) is 0 Å². The molecule has 0 radical (unpaired) electrons. The Morgan fingerprint density at radius 3 is 2.27 bits per heavy atom. The molecule has 0 aliphatic heterocycles. The van der Waals surface area contributed by atoms with E-state index in [9.17, 15) is 9.36 Å². The second-order valence-electron chi connectivity index (χ2n) is 3.18. The summed E-state index contributed by atoms with van der Waals surface area (Å²) in [4.78, 5) is 10.8. The first-order valence-electron chi connectivity index (χ1n) is 3.48. The van der Waals surface area contributed by atoms with Crippen molar-refractivity contribution >= 4 is 13.1 Å². The Balaban J connectivity index is 3.98. The van der Waals surface area contributed by atoms with Crippen LogP contribution in [0.4, 0.5) is 0 Å². The van der Waals surface area contributed by atoms with E-state index >= 15 is 0 Å².